The van der Waals surface area contributed by atoms with Gasteiger partial charge in [-0.05, 0) is 73.7 Å². The highest BCUT2D eigenvalue weighted by Gasteiger charge is 2.45. The Kier molecular flexibility index (Phi) is 12.4. The van der Waals surface area contributed by atoms with Gasteiger partial charge in [0.25, 0.3) is 17.4 Å². The minimum absolute atomic E-state index is 0.0220. The van der Waals surface area contributed by atoms with E-state index in [0.29, 0.717) is 69.4 Å². The molecule has 0 aliphatic carbocycles. The van der Waals surface area contributed by atoms with Crippen LogP contribution in [0.1, 0.15) is 57.7 Å². The largest absolute Gasteiger partial charge is 0.496 e. The van der Waals surface area contributed by atoms with Crippen LogP contribution in [-0.2, 0) is 45.8 Å². The van der Waals surface area contributed by atoms with E-state index in [0.717, 1.165) is 51.2 Å². The molecule has 0 saturated carbocycles. The van der Waals surface area contributed by atoms with Crippen molar-refractivity contribution >= 4 is 40.1 Å². The molecular formula is C44H49N9O9. The SMILES string of the molecule is COc1cc(-c2cn(C)c(=O)c3cnccc23)cc(OC)c1CN(C)CCOCCn1cc(COC2CCN(c3ccc4c(c3)C(=O)N(C3CCC(=O)NC3=O)C4=O)CC2)nn1. The van der Waals surface area contributed by atoms with Crippen LogP contribution >= 0.6 is 0 Å². The average Bonchev–Trinajstić information content (AvgIpc) is 3.84. The van der Waals surface area contributed by atoms with Gasteiger partial charge in [0.2, 0.25) is 11.8 Å². The Morgan fingerprint density at radius 1 is 0.871 bits per heavy atom. The molecule has 0 radical (unpaired) electrons. The second-order valence-corrected chi connectivity index (χ2v) is 15.7. The molecule has 5 aromatic rings. The Bertz CT molecular complexity index is 2560. The molecular weight excluding hydrogens is 799 g/mol. The Balaban J connectivity index is 0.766. The van der Waals surface area contributed by atoms with Gasteiger partial charge in [0, 0.05) is 69.5 Å². The van der Waals surface area contributed by atoms with Crippen LogP contribution in [0.5, 0.6) is 11.5 Å². The third-order valence-electron chi connectivity index (χ3n) is 11.7. The second kappa shape index (κ2) is 18.2. The van der Waals surface area contributed by atoms with Crippen molar-refractivity contribution in [2.24, 2.45) is 7.05 Å². The van der Waals surface area contributed by atoms with Crippen LogP contribution in [-0.4, -0.2) is 124 Å². The number of fused-ring (bicyclic) bond motifs is 2. The first-order valence-corrected chi connectivity index (χ1v) is 20.6. The molecule has 2 aromatic carbocycles. The fourth-order valence-corrected chi connectivity index (χ4v) is 8.32. The number of aryl methyl sites for hydroxylation is 1. The van der Waals surface area contributed by atoms with Crippen molar-refractivity contribution in [1.29, 1.82) is 0 Å². The summed E-state index contributed by atoms with van der Waals surface area (Å²) >= 11 is 0. The van der Waals surface area contributed by atoms with Crippen molar-refractivity contribution in [2.45, 2.75) is 57.5 Å². The first-order valence-electron chi connectivity index (χ1n) is 20.6. The van der Waals surface area contributed by atoms with E-state index in [1.54, 1.807) is 55.0 Å². The van der Waals surface area contributed by atoms with Crippen molar-refractivity contribution in [3.8, 4) is 22.6 Å². The number of hydrogen-bond donors (Lipinski definition) is 1. The van der Waals surface area contributed by atoms with Gasteiger partial charge >= 0.3 is 0 Å². The van der Waals surface area contributed by atoms with E-state index in [-0.39, 0.29) is 35.6 Å². The van der Waals surface area contributed by atoms with E-state index in [9.17, 15) is 24.0 Å². The average molecular weight is 848 g/mol. The molecule has 6 heterocycles. The molecule has 1 N–H and O–H groups in total. The fraction of sp³-hybridized carbons (Fsp3) is 0.409. The van der Waals surface area contributed by atoms with E-state index < -0.39 is 29.7 Å². The van der Waals surface area contributed by atoms with Crippen LogP contribution < -0.4 is 25.2 Å². The fourth-order valence-electron chi connectivity index (χ4n) is 8.32. The Morgan fingerprint density at radius 3 is 2.37 bits per heavy atom. The Labute approximate surface area is 357 Å². The number of anilines is 1. The summed E-state index contributed by atoms with van der Waals surface area (Å²) in [5, 5.41) is 12.1. The Hall–Kier alpha value is -6.50. The van der Waals surface area contributed by atoms with Crippen LogP contribution in [0.2, 0.25) is 0 Å². The topological polar surface area (TPSA) is 193 Å². The summed E-state index contributed by atoms with van der Waals surface area (Å²) < 4.78 is 27.1. The van der Waals surface area contributed by atoms with Crippen molar-refractivity contribution in [3.63, 3.8) is 0 Å². The molecule has 62 heavy (non-hydrogen) atoms. The first-order chi connectivity index (χ1) is 30.0. The lowest BCUT2D eigenvalue weighted by molar-refractivity contribution is -0.136. The van der Waals surface area contributed by atoms with Gasteiger partial charge in [-0.3, -0.25) is 44.1 Å². The lowest BCUT2D eigenvalue weighted by Gasteiger charge is -2.33. The number of carbonyl (C=O) groups is 4. The number of carbonyl (C=O) groups excluding carboxylic acids is 4. The zero-order chi connectivity index (χ0) is 43.5. The van der Waals surface area contributed by atoms with E-state index in [1.807, 2.05) is 43.7 Å². The summed E-state index contributed by atoms with van der Waals surface area (Å²) in [6, 6.07) is 9.98. The minimum Gasteiger partial charge on any atom is -0.496 e. The van der Waals surface area contributed by atoms with Gasteiger partial charge in [-0.15, -0.1) is 5.10 Å². The predicted molar refractivity (Wildman–Crippen MR) is 226 cm³/mol. The monoisotopic (exact) mass is 847 g/mol. The molecule has 3 aromatic heterocycles. The number of benzene rings is 2. The third kappa shape index (κ3) is 8.66. The maximum atomic E-state index is 13.3. The molecule has 3 aliphatic rings. The van der Waals surface area contributed by atoms with Gasteiger partial charge in [-0.2, -0.15) is 0 Å². The second-order valence-electron chi connectivity index (χ2n) is 15.7. The van der Waals surface area contributed by atoms with Crippen molar-refractivity contribution in [3.05, 3.63) is 93.9 Å². The van der Waals surface area contributed by atoms with E-state index in [2.05, 4.69) is 30.4 Å². The molecule has 1 unspecified atom stereocenters. The molecule has 3 aliphatic heterocycles. The van der Waals surface area contributed by atoms with Crippen molar-refractivity contribution in [2.75, 3.05) is 59.0 Å². The zero-order valence-corrected chi connectivity index (χ0v) is 35.2. The molecule has 0 bridgehead atoms. The van der Waals surface area contributed by atoms with Crippen LogP contribution in [0.15, 0.2) is 66.0 Å². The van der Waals surface area contributed by atoms with Crippen molar-refractivity contribution < 1.29 is 38.1 Å². The lowest BCUT2D eigenvalue weighted by Crippen LogP contribution is -2.54. The number of rotatable bonds is 16. The summed E-state index contributed by atoms with van der Waals surface area (Å²) in [5.41, 5.74) is 4.61. The molecule has 2 fully saturated rings. The number of piperidine rings is 2. The molecule has 18 nitrogen and oxygen atoms in total. The smallest absolute Gasteiger partial charge is 0.262 e. The molecule has 324 valence electrons. The van der Waals surface area contributed by atoms with Crippen molar-refractivity contribution in [1.82, 2.24) is 39.7 Å². The summed E-state index contributed by atoms with van der Waals surface area (Å²) in [4.78, 5) is 72.6. The number of hydrogen-bond acceptors (Lipinski definition) is 14. The number of methoxy groups -OCH3 is 2. The normalized spacial score (nSPS) is 17.0. The summed E-state index contributed by atoms with van der Waals surface area (Å²) in [7, 11) is 7.01. The summed E-state index contributed by atoms with van der Waals surface area (Å²) in [6.45, 7) is 4.44. The van der Waals surface area contributed by atoms with Crippen LogP contribution in [0, 0.1) is 0 Å². The standard InChI is InChI=1S/C44H49N9O9/c1-49(24-36-38(59-3)19-27(20-39(36)60-4)35-25-50(2)42(56)34-22-45-12-9-31(34)35)15-17-61-18-16-52-23-28(47-48-52)26-62-30-10-13-51(14-11-30)29-5-6-32-33(21-29)44(58)53(43(32)57)37-7-8-40(54)46-41(37)55/h5-6,9,12,19-23,25,30,37H,7-8,10-11,13-18,24,26H2,1-4H3,(H,46,54,55). The number of pyridine rings is 2. The van der Waals surface area contributed by atoms with E-state index >= 15 is 0 Å². The maximum absolute atomic E-state index is 13.3. The van der Waals surface area contributed by atoms with E-state index in [1.165, 1.54) is 0 Å². The number of nitrogens with zero attached hydrogens (tertiary/aromatic N) is 8. The van der Waals surface area contributed by atoms with Gasteiger partial charge in [0.05, 0.1) is 75.0 Å². The molecule has 4 amide bonds. The van der Waals surface area contributed by atoms with Gasteiger partial charge in [0.1, 0.15) is 23.2 Å². The highest BCUT2D eigenvalue weighted by atomic mass is 16.5. The highest BCUT2D eigenvalue weighted by molar-refractivity contribution is 6.23. The number of imide groups is 2. The quantitative estimate of drug-likeness (QED) is 0.113. The first kappa shape index (κ1) is 42.2. The lowest BCUT2D eigenvalue weighted by atomic mass is 9.99. The van der Waals surface area contributed by atoms with Gasteiger partial charge in [-0.1, -0.05) is 5.21 Å². The summed E-state index contributed by atoms with van der Waals surface area (Å²) in [6.07, 6.45) is 8.70. The number of likely N-dealkylation sites (N-methyl/N-ethyl adjacent to an activating group) is 1. The van der Waals surface area contributed by atoms with Crippen LogP contribution in [0.3, 0.4) is 0 Å². The van der Waals surface area contributed by atoms with Crippen LogP contribution in [0.25, 0.3) is 21.9 Å². The molecule has 18 heteroatoms. The molecule has 1 atom stereocenters. The number of ether oxygens (including phenoxy) is 4. The predicted octanol–water partition coefficient (Wildman–Crippen LogP) is 2.94. The minimum atomic E-state index is -0.994. The third-order valence-corrected chi connectivity index (χ3v) is 11.7. The van der Waals surface area contributed by atoms with Gasteiger partial charge in [-0.25, -0.2) is 4.68 Å². The Morgan fingerprint density at radius 2 is 1.63 bits per heavy atom. The van der Waals surface area contributed by atoms with Gasteiger partial charge < -0.3 is 28.4 Å². The molecule has 0 spiro atoms. The number of nitrogens with one attached hydrogen (secondary N) is 1. The molecule has 2 saturated heterocycles. The number of amides is 4. The number of aromatic nitrogens is 5. The highest BCUT2D eigenvalue weighted by Crippen LogP contribution is 2.38. The van der Waals surface area contributed by atoms with E-state index in [4.69, 9.17) is 18.9 Å². The molecule has 8 rings (SSSR count). The van der Waals surface area contributed by atoms with Gasteiger partial charge in [0.15, 0.2) is 0 Å². The zero-order valence-electron chi connectivity index (χ0n) is 35.2. The summed E-state index contributed by atoms with van der Waals surface area (Å²) in [5.74, 6) is -0.711. The van der Waals surface area contributed by atoms with Crippen LogP contribution in [0.4, 0.5) is 5.69 Å². The maximum Gasteiger partial charge on any atom is 0.262 e.